The molecule has 15 heavy (non-hydrogen) atoms. The van der Waals surface area contributed by atoms with Crippen LogP contribution in [0.3, 0.4) is 0 Å². The molecule has 2 aromatic rings. The number of nitrogens with zero attached hydrogens (tertiary/aromatic N) is 2. The van der Waals surface area contributed by atoms with Gasteiger partial charge in [0.15, 0.2) is 11.4 Å². The first-order valence-electron chi connectivity index (χ1n) is 4.38. The maximum Gasteiger partial charge on any atom is 0.180 e. The Balaban J connectivity index is 2.83. The maximum absolute atomic E-state index is 11.7. The van der Waals surface area contributed by atoms with Crippen LogP contribution in [0.15, 0.2) is 18.3 Å². The van der Waals surface area contributed by atoms with Gasteiger partial charge in [0.2, 0.25) is 0 Å². The van der Waals surface area contributed by atoms with Gasteiger partial charge in [-0.1, -0.05) is 0 Å². The zero-order valence-electron chi connectivity index (χ0n) is 8.00. The van der Waals surface area contributed by atoms with Crippen LogP contribution in [0.5, 0.6) is 0 Å². The van der Waals surface area contributed by atoms with Gasteiger partial charge in [-0.3, -0.25) is 8.39 Å². The average molecular weight is 288 g/mol. The topological polar surface area (TPSA) is 34.9 Å². The second-order valence-corrected chi connectivity index (χ2v) is 4.15. The minimum atomic E-state index is -0.0784. The number of carbonyl (C=O) groups is 1. The van der Waals surface area contributed by atoms with Crippen LogP contribution in [-0.2, 0) is 0 Å². The summed E-state index contributed by atoms with van der Waals surface area (Å²) in [4.78, 5) is 15.9. The van der Waals surface area contributed by atoms with E-state index in [9.17, 15) is 4.79 Å². The summed E-state index contributed by atoms with van der Waals surface area (Å²) in [6.07, 6.45) is 1.69. The Hall–Kier alpha value is -0.870. The third kappa shape index (κ3) is 1.58. The number of hydrogen-bond donors (Lipinski definition) is 0. The Kier molecular flexibility index (Phi) is 2.80. The molecule has 5 heteroatoms. The lowest BCUT2D eigenvalue weighted by atomic mass is 10.1. The molecule has 0 radical (unpaired) electrons. The number of carbonyl (C=O) groups excluding carboxylic acids is 1. The van der Waals surface area contributed by atoms with Crippen LogP contribution in [0.25, 0.3) is 11.0 Å². The fourth-order valence-electron chi connectivity index (χ4n) is 1.62. The highest BCUT2D eigenvalue weighted by molar-refractivity contribution is 9.08. The third-order valence-electron chi connectivity index (χ3n) is 2.30. The normalized spacial score (nSPS) is 10.9. The van der Waals surface area contributed by atoms with Crippen molar-refractivity contribution in [3.05, 3.63) is 29.6 Å². The van der Waals surface area contributed by atoms with Gasteiger partial charge < -0.3 is 0 Å². The summed E-state index contributed by atoms with van der Waals surface area (Å²) in [7, 11) is 0. The zero-order chi connectivity index (χ0) is 11.0. The Bertz CT molecular complexity index is 535. The highest BCUT2D eigenvalue weighted by atomic mass is 79.9. The summed E-state index contributed by atoms with van der Waals surface area (Å²) < 4.78 is 1.72. The van der Waals surface area contributed by atoms with E-state index in [2.05, 4.69) is 21.1 Å². The monoisotopic (exact) mass is 286 g/mol. The fourth-order valence-corrected chi connectivity index (χ4v) is 2.21. The van der Waals surface area contributed by atoms with Crippen LogP contribution in [-0.4, -0.2) is 20.2 Å². The number of ketones is 1. The van der Waals surface area contributed by atoms with Crippen molar-refractivity contribution in [2.75, 3.05) is 5.88 Å². The van der Waals surface area contributed by atoms with Crippen molar-refractivity contribution in [1.29, 1.82) is 0 Å². The van der Waals surface area contributed by atoms with Gasteiger partial charge in [0.25, 0.3) is 0 Å². The van der Waals surface area contributed by atoms with E-state index in [-0.39, 0.29) is 11.7 Å². The lowest BCUT2D eigenvalue weighted by molar-refractivity contribution is 0.102. The smallest absolute Gasteiger partial charge is 0.180 e. The highest BCUT2D eigenvalue weighted by Crippen LogP contribution is 2.26. The van der Waals surface area contributed by atoms with E-state index in [0.29, 0.717) is 5.56 Å². The first-order chi connectivity index (χ1) is 7.16. The van der Waals surface area contributed by atoms with Crippen LogP contribution in [0.2, 0.25) is 0 Å². The lowest BCUT2D eigenvalue weighted by Crippen LogP contribution is -2.01. The Morgan fingerprint density at radius 2 is 2.40 bits per heavy atom. The van der Waals surface area contributed by atoms with E-state index >= 15 is 0 Å². The van der Waals surface area contributed by atoms with Gasteiger partial charge in [0, 0.05) is 22.8 Å². The average Bonchev–Trinajstić information content (AvgIpc) is 2.52. The second kappa shape index (κ2) is 3.94. The fraction of sp³-hybridized carbons (Fsp3) is 0.200. The van der Waals surface area contributed by atoms with Gasteiger partial charge in [0.1, 0.15) is 0 Å². The number of hydrogen-bond acceptors (Lipinski definition) is 2. The first-order valence-corrected chi connectivity index (χ1v) is 5.62. The molecule has 2 aromatic heterocycles. The summed E-state index contributed by atoms with van der Waals surface area (Å²) in [6.45, 7) is 1.86. The van der Waals surface area contributed by atoms with E-state index in [4.69, 9.17) is 11.6 Å². The van der Waals surface area contributed by atoms with Gasteiger partial charge in [-0.2, -0.15) is 0 Å². The summed E-state index contributed by atoms with van der Waals surface area (Å²) in [5.74, 6) is -0.0904. The first kappa shape index (κ1) is 10.6. The van der Waals surface area contributed by atoms with Crippen molar-refractivity contribution >= 4 is 44.6 Å². The molecule has 0 bridgehead atoms. The van der Waals surface area contributed by atoms with Crippen LogP contribution < -0.4 is 0 Å². The minimum absolute atomic E-state index is 0.0121. The number of aromatic nitrogens is 2. The van der Waals surface area contributed by atoms with Crippen molar-refractivity contribution < 1.29 is 4.79 Å². The van der Waals surface area contributed by atoms with Crippen LogP contribution in [0.1, 0.15) is 16.1 Å². The van der Waals surface area contributed by atoms with E-state index in [1.54, 1.807) is 15.9 Å². The van der Waals surface area contributed by atoms with Gasteiger partial charge in [0.05, 0.1) is 22.0 Å². The summed E-state index contributed by atoms with van der Waals surface area (Å²) in [5, 5.41) is 0.831. The van der Waals surface area contributed by atoms with Crippen LogP contribution in [0, 0.1) is 6.92 Å². The van der Waals surface area contributed by atoms with Crippen molar-refractivity contribution in [2.45, 2.75) is 6.92 Å². The molecule has 0 aromatic carbocycles. The molecule has 0 N–H and O–H groups in total. The molecule has 0 saturated carbocycles. The Morgan fingerprint density at radius 3 is 3.07 bits per heavy atom. The molecular formula is C10H8BrClN2O. The molecule has 78 valence electrons. The molecule has 2 heterocycles. The maximum atomic E-state index is 11.7. The second-order valence-electron chi connectivity index (χ2n) is 3.17. The molecular weight excluding hydrogens is 279 g/mol. The molecule has 0 amide bonds. The Morgan fingerprint density at radius 1 is 1.67 bits per heavy atom. The van der Waals surface area contributed by atoms with Gasteiger partial charge >= 0.3 is 0 Å². The molecule has 0 spiro atoms. The predicted molar refractivity (Wildman–Crippen MR) is 63.8 cm³/mol. The minimum Gasteiger partial charge on any atom is -0.293 e. The molecule has 0 aliphatic rings. The van der Waals surface area contributed by atoms with E-state index < -0.39 is 0 Å². The van der Waals surface area contributed by atoms with E-state index in [0.717, 1.165) is 16.7 Å². The standard InChI is InChI=1S/C10H8BrClN2O/c1-6-9(8(15)5-12)7-3-2-4-13-10(7)14(6)11/h2-4H,5H2,1H3. The van der Waals surface area contributed by atoms with Gasteiger partial charge in [-0.25, -0.2) is 4.98 Å². The van der Waals surface area contributed by atoms with Crippen molar-refractivity contribution in [1.82, 2.24) is 8.58 Å². The quantitative estimate of drug-likeness (QED) is 0.629. The highest BCUT2D eigenvalue weighted by Gasteiger charge is 2.18. The summed E-state index contributed by atoms with van der Waals surface area (Å²) >= 11 is 8.93. The van der Waals surface area contributed by atoms with Gasteiger partial charge in [-0.05, 0) is 19.1 Å². The molecule has 0 saturated heterocycles. The predicted octanol–water partition coefficient (Wildman–Crippen LogP) is 2.92. The number of halogens is 2. The van der Waals surface area contributed by atoms with E-state index in [1.807, 2.05) is 13.0 Å². The molecule has 0 unspecified atom stereocenters. The van der Waals surface area contributed by atoms with Crippen LogP contribution >= 0.6 is 27.7 Å². The van der Waals surface area contributed by atoms with Crippen LogP contribution in [0.4, 0.5) is 0 Å². The molecule has 0 atom stereocenters. The molecule has 3 nitrogen and oxygen atoms in total. The lowest BCUT2D eigenvalue weighted by Gasteiger charge is -1.96. The van der Waals surface area contributed by atoms with Crippen molar-refractivity contribution in [3.63, 3.8) is 0 Å². The molecule has 0 fully saturated rings. The number of pyridine rings is 1. The number of fused-ring (bicyclic) bond motifs is 1. The number of rotatable bonds is 2. The molecule has 2 rings (SSSR count). The largest absolute Gasteiger partial charge is 0.293 e. The Labute approximate surface area is 100 Å². The third-order valence-corrected chi connectivity index (χ3v) is 3.41. The number of Topliss-reactive ketones (excluding diaryl/α,β-unsaturated/α-hetero) is 1. The van der Waals surface area contributed by atoms with Crippen molar-refractivity contribution in [3.8, 4) is 0 Å². The zero-order valence-corrected chi connectivity index (χ0v) is 10.3. The molecule has 0 aliphatic carbocycles. The van der Waals surface area contributed by atoms with E-state index in [1.165, 1.54) is 0 Å². The molecule has 0 aliphatic heterocycles. The summed E-state index contributed by atoms with van der Waals surface area (Å²) in [6, 6.07) is 3.67. The number of alkyl halides is 1. The summed E-state index contributed by atoms with van der Waals surface area (Å²) in [5.41, 5.74) is 2.21. The van der Waals surface area contributed by atoms with Crippen molar-refractivity contribution in [2.24, 2.45) is 0 Å². The van der Waals surface area contributed by atoms with Gasteiger partial charge in [-0.15, -0.1) is 11.6 Å². The SMILES string of the molecule is Cc1c(C(=O)CCl)c2cccnc2n1Br.